The average Bonchev–Trinajstić information content (AvgIpc) is 2.67. The Morgan fingerprint density at radius 2 is 2.03 bits per heavy atom. The molecular formula is C25H43NO5. The third kappa shape index (κ3) is 11.0. The van der Waals surface area contributed by atoms with Gasteiger partial charge in [-0.15, -0.1) is 0 Å². The van der Waals surface area contributed by atoms with Crippen LogP contribution >= 0.6 is 0 Å². The fraction of sp³-hybridized carbons (Fsp3) is 0.720. The van der Waals surface area contributed by atoms with Gasteiger partial charge in [0, 0.05) is 6.61 Å². The molecule has 0 bridgehead atoms. The molecule has 0 aromatic rings. The number of ether oxygens (including phenoxy) is 2. The van der Waals surface area contributed by atoms with Crippen LogP contribution in [0.2, 0.25) is 0 Å². The standard InChI is InChI=1S/C25H43NO5/c1-18(7-8-19(2)16-25(6,29)12-14-27)9-10-24-20(3)15-23(22(5)31-24)26-13-11-21(4)30-17-28/h7-9,11,13,17,19-24,26-27,29H,10,12,14-16H2,1-6H3/b8-7+,13-11-,18-9+. The normalized spacial score (nSPS) is 29.0. The summed E-state index contributed by atoms with van der Waals surface area (Å²) in [6.07, 6.45) is 13.0. The predicted octanol–water partition coefficient (Wildman–Crippen LogP) is 3.89. The second kappa shape index (κ2) is 13.7. The molecule has 7 atom stereocenters. The molecule has 7 unspecified atom stereocenters. The molecular weight excluding hydrogens is 394 g/mol. The van der Waals surface area contributed by atoms with Crippen molar-refractivity contribution in [3.8, 4) is 0 Å². The SMILES string of the molecule is CC(/C=C/C(C)CC(C)(O)CCO)=C\CC1OC(C)C(N/C=C\C(C)OC=O)CC1C. The zero-order valence-corrected chi connectivity index (χ0v) is 20.1. The third-order valence-corrected chi connectivity index (χ3v) is 5.94. The topological polar surface area (TPSA) is 88.0 Å². The fourth-order valence-electron chi connectivity index (χ4n) is 3.98. The zero-order chi connectivity index (χ0) is 23.4. The maximum Gasteiger partial charge on any atom is 0.293 e. The van der Waals surface area contributed by atoms with Crippen molar-refractivity contribution in [2.24, 2.45) is 11.8 Å². The van der Waals surface area contributed by atoms with E-state index < -0.39 is 5.60 Å². The van der Waals surface area contributed by atoms with Gasteiger partial charge in [0.15, 0.2) is 0 Å². The Bertz CT molecular complexity index is 613. The van der Waals surface area contributed by atoms with Crippen LogP contribution in [0.25, 0.3) is 0 Å². The van der Waals surface area contributed by atoms with E-state index in [4.69, 9.17) is 14.6 Å². The largest absolute Gasteiger partial charge is 0.461 e. The Hall–Kier alpha value is -1.63. The monoisotopic (exact) mass is 437 g/mol. The van der Waals surface area contributed by atoms with Crippen molar-refractivity contribution in [3.05, 3.63) is 36.1 Å². The lowest BCUT2D eigenvalue weighted by Crippen LogP contribution is -2.47. The van der Waals surface area contributed by atoms with Crippen LogP contribution in [0, 0.1) is 11.8 Å². The second-order valence-corrected chi connectivity index (χ2v) is 9.36. The molecule has 6 nitrogen and oxygen atoms in total. The van der Waals surface area contributed by atoms with Crippen LogP contribution in [0.3, 0.4) is 0 Å². The van der Waals surface area contributed by atoms with Crippen LogP contribution in [-0.2, 0) is 14.3 Å². The highest BCUT2D eigenvalue weighted by Crippen LogP contribution is 2.28. The van der Waals surface area contributed by atoms with Gasteiger partial charge in [-0.1, -0.05) is 37.6 Å². The maximum atomic E-state index is 10.4. The number of carbonyl (C=O) groups excluding carboxylic acids is 1. The van der Waals surface area contributed by atoms with E-state index in [-0.39, 0.29) is 36.9 Å². The molecule has 0 amide bonds. The van der Waals surface area contributed by atoms with Gasteiger partial charge in [-0.2, -0.15) is 0 Å². The summed E-state index contributed by atoms with van der Waals surface area (Å²) < 4.78 is 11.1. The number of hydrogen-bond donors (Lipinski definition) is 3. The van der Waals surface area contributed by atoms with E-state index in [0.717, 1.165) is 12.8 Å². The summed E-state index contributed by atoms with van der Waals surface area (Å²) in [6.45, 7) is 12.5. The summed E-state index contributed by atoms with van der Waals surface area (Å²) in [7, 11) is 0. The quantitative estimate of drug-likeness (QED) is 0.299. The van der Waals surface area contributed by atoms with E-state index in [1.54, 1.807) is 6.92 Å². The van der Waals surface area contributed by atoms with Crippen LogP contribution in [-0.4, -0.2) is 53.2 Å². The molecule has 1 aliphatic heterocycles. The summed E-state index contributed by atoms with van der Waals surface area (Å²) >= 11 is 0. The van der Waals surface area contributed by atoms with E-state index in [1.807, 2.05) is 19.2 Å². The lowest BCUT2D eigenvalue weighted by atomic mass is 9.88. The van der Waals surface area contributed by atoms with Crippen LogP contribution in [0.1, 0.15) is 67.2 Å². The molecule has 0 spiro atoms. The highest BCUT2D eigenvalue weighted by Gasteiger charge is 2.32. The van der Waals surface area contributed by atoms with Crippen molar-refractivity contribution < 1.29 is 24.5 Å². The third-order valence-electron chi connectivity index (χ3n) is 5.94. The molecule has 3 N–H and O–H groups in total. The van der Waals surface area contributed by atoms with Gasteiger partial charge < -0.3 is 25.0 Å². The number of aliphatic hydroxyl groups is 2. The van der Waals surface area contributed by atoms with Crippen molar-refractivity contribution in [1.29, 1.82) is 0 Å². The van der Waals surface area contributed by atoms with Crippen molar-refractivity contribution >= 4 is 6.47 Å². The lowest BCUT2D eigenvalue weighted by molar-refractivity contribution is -0.130. The summed E-state index contributed by atoms with van der Waals surface area (Å²) in [5.74, 6) is 0.653. The molecule has 0 radical (unpaired) electrons. The summed E-state index contributed by atoms with van der Waals surface area (Å²) in [4.78, 5) is 10.4. The Morgan fingerprint density at radius 1 is 1.32 bits per heavy atom. The highest BCUT2D eigenvalue weighted by atomic mass is 16.5. The molecule has 1 rings (SSSR count). The molecule has 31 heavy (non-hydrogen) atoms. The minimum absolute atomic E-state index is 0.000725. The van der Waals surface area contributed by atoms with Gasteiger partial charge in [0.25, 0.3) is 6.47 Å². The minimum Gasteiger partial charge on any atom is -0.461 e. The van der Waals surface area contributed by atoms with E-state index in [9.17, 15) is 9.90 Å². The highest BCUT2D eigenvalue weighted by molar-refractivity contribution is 5.37. The molecule has 1 fully saturated rings. The first kappa shape index (κ1) is 27.4. The zero-order valence-electron chi connectivity index (χ0n) is 20.1. The van der Waals surface area contributed by atoms with E-state index in [1.165, 1.54) is 5.57 Å². The molecule has 1 saturated heterocycles. The molecule has 0 aromatic carbocycles. The number of allylic oxidation sites excluding steroid dienone is 3. The fourth-order valence-corrected chi connectivity index (χ4v) is 3.98. The van der Waals surface area contributed by atoms with Crippen LogP contribution in [0.4, 0.5) is 0 Å². The first-order valence-electron chi connectivity index (χ1n) is 11.4. The van der Waals surface area contributed by atoms with Gasteiger partial charge >= 0.3 is 0 Å². The minimum atomic E-state index is -0.836. The molecule has 0 saturated carbocycles. The number of rotatable bonds is 13. The summed E-state index contributed by atoms with van der Waals surface area (Å²) in [5.41, 5.74) is 0.348. The Morgan fingerprint density at radius 3 is 2.68 bits per heavy atom. The van der Waals surface area contributed by atoms with Gasteiger partial charge in [0.1, 0.15) is 6.10 Å². The number of aliphatic hydroxyl groups excluding tert-OH is 1. The molecule has 1 aliphatic rings. The summed E-state index contributed by atoms with van der Waals surface area (Å²) in [5, 5.41) is 22.7. The molecule has 0 aliphatic carbocycles. The Kier molecular flexibility index (Phi) is 12.1. The molecule has 0 aromatic heterocycles. The van der Waals surface area contributed by atoms with Crippen molar-refractivity contribution in [3.63, 3.8) is 0 Å². The Labute approximate surface area is 188 Å². The van der Waals surface area contributed by atoms with Gasteiger partial charge in [-0.3, -0.25) is 4.79 Å². The van der Waals surface area contributed by atoms with E-state index in [0.29, 0.717) is 25.2 Å². The van der Waals surface area contributed by atoms with Gasteiger partial charge in [-0.25, -0.2) is 0 Å². The molecule has 1 heterocycles. The summed E-state index contributed by atoms with van der Waals surface area (Å²) in [6, 6.07) is 0.225. The first-order chi connectivity index (χ1) is 14.6. The molecule has 6 heteroatoms. The second-order valence-electron chi connectivity index (χ2n) is 9.36. The van der Waals surface area contributed by atoms with Crippen LogP contribution in [0.15, 0.2) is 36.1 Å². The van der Waals surface area contributed by atoms with Crippen LogP contribution < -0.4 is 5.32 Å². The van der Waals surface area contributed by atoms with Crippen LogP contribution in [0.5, 0.6) is 0 Å². The van der Waals surface area contributed by atoms with Crippen molar-refractivity contribution in [2.75, 3.05) is 6.61 Å². The van der Waals surface area contributed by atoms with Crippen molar-refractivity contribution in [2.45, 2.75) is 97.2 Å². The van der Waals surface area contributed by atoms with Crippen molar-refractivity contribution in [1.82, 2.24) is 5.32 Å². The average molecular weight is 438 g/mol. The van der Waals surface area contributed by atoms with E-state index in [2.05, 4.69) is 51.2 Å². The van der Waals surface area contributed by atoms with E-state index >= 15 is 0 Å². The first-order valence-corrected chi connectivity index (χ1v) is 11.4. The van der Waals surface area contributed by atoms with Gasteiger partial charge in [0.05, 0.1) is 23.9 Å². The lowest BCUT2D eigenvalue weighted by Gasteiger charge is -2.39. The Balaban J connectivity index is 2.51. The van der Waals surface area contributed by atoms with Gasteiger partial charge in [0.2, 0.25) is 0 Å². The van der Waals surface area contributed by atoms with Gasteiger partial charge in [-0.05, 0) is 77.5 Å². The number of hydrogen-bond acceptors (Lipinski definition) is 6. The predicted molar refractivity (Wildman–Crippen MR) is 124 cm³/mol. The smallest absolute Gasteiger partial charge is 0.293 e. The number of nitrogens with one attached hydrogen (secondary N) is 1. The number of carbonyl (C=O) groups is 1. The maximum absolute atomic E-state index is 10.4. The molecule has 178 valence electrons.